The van der Waals surface area contributed by atoms with Crippen LogP contribution in [0.1, 0.15) is 16.7 Å². The molecule has 0 atom stereocenters. The lowest BCUT2D eigenvalue weighted by atomic mass is 10.1. The lowest BCUT2D eigenvalue weighted by Gasteiger charge is -2.22. The molecule has 0 amide bonds. The first-order valence-corrected chi connectivity index (χ1v) is 7.90. The van der Waals surface area contributed by atoms with Crippen molar-refractivity contribution >= 4 is 50.2 Å². The molecular formula is C14H15BrN2S2. The first kappa shape index (κ1) is 14.5. The number of nitrogens with zero attached hydrogens (tertiary/aromatic N) is 1. The highest BCUT2D eigenvalue weighted by molar-refractivity contribution is 9.11. The van der Waals surface area contributed by atoms with Crippen molar-refractivity contribution in [3.63, 3.8) is 0 Å². The van der Waals surface area contributed by atoms with E-state index in [0.29, 0.717) is 4.99 Å². The predicted molar refractivity (Wildman–Crippen MR) is 91.2 cm³/mol. The minimum Gasteiger partial charge on any atom is -0.389 e. The monoisotopic (exact) mass is 354 g/mol. The third-order valence-corrected chi connectivity index (χ3v) is 4.64. The first-order chi connectivity index (χ1) is 8.97. The van der Waals surface area contributed by atoms with E-state index in [9.17, 15) is 0 Å². The van der Waals surface area contributed by atoms with Gasteiger partial charge >= 0.3 is 0 Å². The molecule has 100 valence electrons. The van der Waals surface area contributed by atoms with Crippen molar-refractivity contribution in [1.82, 2.24) is 0 Å². The summed E-state index contributed by atoms with van der Waals surface area (Å²) in [6.45, 7) is 2.88. The van der Waals surface area contributed by atoms with E-state index in [-0.39, 0.29) is 0 Å². The van der Waals surface area contributed by atoms with Gasteiger partial charge in [-0.1, -0.05) is 23.8 Å². The number of nitrogens with two attached hydrogens (primary N) is 1. The second kappa shape index (κ2) is 6.03. The van der Waals surface area contributed by atoms with Gasteiger partial charge in [-0.05, 0) is 52.0 Å². The zero-order chi connectivity index (χ0) is 14.0. The Morgan fingerprint density at radius 3 is 2.74 bits per heavy atom. The average molecular weight is 355 g/mol. The van der Waals surface area contributed by atoms with Crippen molar-refractivity contribution in [2.45, 2.75) is 13.5 Å². The van der Waals surface area contributed by atoms with Crippen LogP contribution in [0.15, 0.2) is 33.4 Å². The average Bonchev–Trinajstić information content (AvgIpc) is 2.74. The topological polar surface area (TPSA) is 29.3 Å². The maximum atomic E-state index is 5.82. The Balaban J connectivity index is 2.28. The molecule has 0 saturated heterocycles. The van der Waals surface area contributed by atoms with E-state index >= 15 is 0 Å². The van der Waals surface area contributed by atoms with Crippen LogP contribution in [-0.2, 0) is 6.54 Å². The Hall–Kier alpha value is -0.910. The number of benzene rings is 1. The van der Waals surface area contributed by atoms with Crippen LogP contribution in [0.4, 0.5) is 5.69 Å². The number of thiocarbonyl (C=S) groups is 1. The molecule has 0 aliphatic rings. The Bertz CT molecular complexity index is 607. The number of halogens is 1. The molecule has 5 heteroatoms. The van der Waals surface area contributed by atoms with Crippen LogP contribution in [0.3, 0.4) is 0 Å². The second-order valence-corrected chi connectivity index (χ2v) is 7.23. The molecule has 0 unspecified atom stereocenters. The normalized spacial score (nSPS) is 10.5. The fourth-order valence-electron chi connectivity index (χ4n) is 1.97. The van der Waals surface area contributed by atoms with E-state index in [0.717, 1.165) is 21.6 Å². The highest BCUT2D eigenvalue weighted by Crippen LogP contribution is 2.26. The van der Waals surface area contributed by atoms with E-state index in [2.05, 4.69) is 51.5 Å². The summed E-state index contributed by atoms with van der Waals surface area (Å²) in [5.41, 5.74) is 10.3. The van der Waals surface area contributed by atoms with Gasteiger partial charge in [0.25, 0.3) is 0 Å². The summed E-state index contributed by atoms with van der Waals surface area (Å²) in [5, 5.41) is 2.15. The van der Waals surface area contributed by atoms with Crippen LogP contribution in [0.5, 0.6) is 0 Å². The molecule has 0 radical (unpaired) electrons. The SMILES string of the molecule is Cc1ccc(N(C)Cc2csc(Br)c2)c(C(N)=S)c1. The predicted octanol–water partition coefficient (Wildman–Crippen LogP) is 4.09. The summed E-state index contributed by atoms with van der Waals surface area (Å²) in [6.07, 6.45) is 0. The molecule has 1 heterocycles. The Morgan fingerprint density at radius 2 is 2.16 bits per heavy atom. The molecule has 19 heavy (non-hydrogen) atoms. The Morgan fingerprint density at radius 1 is 1.42 bits per heavy atom. The van der Waals surface area contributed by atoms with Gasteiger partial charge in [-0.15, -0.1) is 11.3 Å². The van der Waals surface area contributed by atoms with Crippen molar-refractivity contribution in [1.29, 1.82) is 0 Å². The van der Waals surface area contributed by atoms with E-state index in [1.807, 2.05) is 13.0 Å². The molecule has 1 aromatic carbocycles. The van der Waals surface area contributed by atoms with Crippen molar-refractivity contribution in [3.05, 3.63) is 50.1 Å². The minimum atomic E-state index is 0.442. The molecule has 0 aliphatic carbocycles. The minimum absolute atomic E-state index is 0.442. The molecule has 2 aromatic rings. The number of aryl methyl sites for hydroxylation is 1. The molecule has 0 bridgehead atoms. The number of anilines is 1. The van der Waals surface area contributed by atoms with Crippen LogP contribution >= 0.6 is 39.5 Å². The molecule has 0 aliphatic heterocycles. The van der Waals surface area contributed by atoms with Crippen LogP contribution in [0, 0.1) is 6.92 Å². The van der Waals surface area contributed by atoms with Gasteiger partial charge < -0.3 is 10.6 Å². The van der Waals surface area contributed by atoms with Crippen molar-refractivity contribution in [2.24, 2.45) is 5.73 Å². The highest BCUT2D eigenvalue weighted by Gasteiger charge is 2.11. The van der Waals surface area contributed by atoms with Gasteiger partial charge in [0, 0.05) is 24.8 Å². The fraction of sp³-hybridized carbons (Fsp3) is 0.214. The van der Waals surface area contributed by atoms with Gasteiger partial charge in [0.2, 0.25) is 0 Å². The largest absolute Gasteiger partial charge is 0.389 e. The molecule has 2 nitrogen and oxygen atoms in total. The molecule has 0 saturated carbocycles. The molecule has 2 rings (SSSR count). The van der Waals surface area contributed by atoms with Gasteiger partial charge in [-0.25, -0.2) is 0 Å². The summed E-state index contributed by atoms with van der Waals surface area (Å²) in [6, 6.07) is 8.33. The number of hydrogen-bond acceptors (Lipinski definition) is 3. The van der Waals surface area contributed by atoms with Gasteiger partial charge in [-0.3, -0.25) is 0 Å². The summed E-state index contributed by atoms with van der Waals surface area (Å²) < 4.78 is 1.15. The zero-order valence-corrected chi connectivity index (χ0v) is 14.0. The van der Waals surface area contributed by atoms with E-state index < -0.39 is 0 Å². The van der Waals surface area contributed by atoms with Crippen molar-refractivity contribution in [2.75, 3.05) is 11.9 Å². The third-order valence-electron chi connectivity index (χ3n) is 2.87. The van der Waals surface area contributed by atoms with Gasteiger partial charge in [-0.2, -0.15) is 0 Å². The third kappa shape index (κ3) is 3.55. The number of rotatable bonds is 4. The highest BCUT2D eigenvalue weighted by atomic mass is 79.9. The molecule has 0 spiro atoms. The van der Waals surface area contributed by atoms with Gasteiger partial charge in [0.1, 0.15) is 4.99 Å². The maximum Gasteiger partial charge on any atom is 0.106 e. The Kier molecular flexibility index (Phi) is 4.60. The van der Waals surface area contributed by atoms with Crippen LogP contribution in [0.25, 0.3) is 0 Å². The number of hydrogen-bond donors (Lipinski definition) is 1. The van der Waals surface area contributed by atoms with Crippen molar-refractivity contribution in [3.8, 4) is 0 Å². The summed E-state index contributed by atoms with van der Waals surface area (Å²) in [4.78, 5) is 2.61. The molecule has 2 N–H and O–H groups in total. The lowest BCUT2D eigenvalue weighted by molar-refractivity contribution is 0.925. The van der Waals surface area contributed by atoms with Crippen LogP contribution in [0.2, 0.25) is 0 Å². The van der Waals surface area contributed by atoms with Gasteiger partial charge in [0.15, 0.2) is 0 Å². The number of thiophene rings is 1. The smallest absolute Gasteiger partial charge is 0.106 e. The molecule has 0 fully saturated rings. The fourth-order valence-corrected chi connectivity index (χ4v) is 3.33. The van der Waals surface area contributed by atoms with Crippen LogP contribution in [-0.4, -0.2) is 12.0 Å². The lowest BCUT2D eigenvalue weighted by Crippen LogP contribution is -2.21. The summed E-state index contributed by atoms with van der Waals surface area (Å²) in [7, 11) is 2.05. The van der Waals surface area contributed by atoms with E-state index in [1.165, 1.54) is 11.1 Å². The van der Waals surface area contributed by atoms with Crippen LogP contribution < -0.4 is 10.6 Å². The second-order valence-electron chi connectivity index (χ2n) is 4.50. The maximum absolute atomic E-state index is 5.82. The summed E-state index contributed by atoms with van der Waals surface area (Å²) >= 11 is 10.3. The first-order valence-electron chi connectivity index (χ1n) is 5.82. The molecule has 1 aromatic heterocycles. The summed E-state index contributed by atoms with van der Waals surface area (Å²) in [5.74, 6) is 0. The standard InChI is InChI=1S/C14H15BrN2S2/c1-9-3-4-12(11(5-9)14(16)18)17(2)7-10-6-13(15)19-8-10/h3-6,8H,7H2,1-2H3,(H2,16,18). The van der Waals surface area contributed by atoms with Gasteiger partial charge in [0.05, 0.1) is 3.79 Å². The quantitative estimate of drug-likeness (QED) is 0.838. The van der Waals surface area contributed by atoms with E-state index in [1.54, 1.807) is 11.3 Å². The Labute approximate surface area is 131 Å². The zero-order valence-electron chi connectivity index (χ0n) is 10.8. The van der Waals surface area contributed by atoms with E-state index in [4.69, 9.17) is 18.0 Å². The molecular weight excluding hydrogens is 340 g/mol. The van der Waals surface area contributed by atoms with Crippen molar-refractivity contribution < 1.29 is 0 Å².